The minimum absolute atomic E-state index is 0.0634. The van der Waals surface area contributed by atoms with Crippen LogP contribution >= 0.6 is 0 Å². The summed E-state index contributed by atoms with van der Waals surface area (Å²) in [5.74, 6) is -0.184. The molecule has 152 valence electrons. The zero-order valence-corrected chi connectivity index (χ0v) is 17.7. The molecule has 30 heavy (non-hydrogen) atoms. The van der Waals surface area contributed by atoms with Crippen molar-refractivity contribution in [1.29, 1.82) is 5.26 Å². The quantitative estimate of drug-likeness (QED) is 0.706. The summed E-state index contributed by atoms with van der Waals surface area (Å²) >= 11 is 0. The molecule has 0 N–H and O–H groups in total. The zero-order valence-electron chi connectivity index (χ0n) is 17.7. The molecule has 1 aliphatic carbocycles. The van der Waals surface area contributed by atoms with Crippen LogP contribution in [0.25, 0.3) is 0 Å². The van der Waals surface area contributed by atoms with Crippen molar-refractivity contribution in [2.45, 2.75) is 52.4 Å². The number of carbonyl (C=O) groups is 2. The van der Waals surface area contributed by atoms with Crippen LogP contribution in [0.3, 0.4) is 0 Å². The molecule has 1 amide bonds. The van der Waals surface area contributed by atoms with Gasteiger partial charge >= 0.3 is 0 Å². The SMILES string of the molecule is CCc1ccc(C2CC(=O)N(c3ccccc3C#N)C3=C2C(=O)CC(C)(C)C3)cc1. The Morgan fingerprint density at radius 1 is 1.07 bits per heavy atom. The highest BCUT2D eigenvalue weighted by Crippen LogP contribution is 2.48. The van der Waals surface area contributed by atoms with Crippen LogP contribution in [0.1, 0.15) is 62.6 Å². The summed E-state index contributed by atoms with van der Waals surface area (Å²) in [6.07, 6.45) is 2.28. The molecule has 1 aliphatic heterocycles. The summed E-state index contributed by atoms with van der Waals surface area (Å²) < 4.78 is 0. The fraction of sp³-hybridized carbons (Fsp3) is 0.346. The van der Waals surface area contributed by atoms with Gasteiger partial charge < -0.3 is 0 Å². The van der Waals surface area contributed by atoms with Crippen LogP contribution < -0.4 is 4.90 Å². The van der Waals surface area contributed by atoms with E-state index in [0.717, 1.165) is 23.3 Å². The first-order valence-corrected chi connectivity index (χ1v) is 10.5. The number of para-hydroxylation sites is 1. The number of carbonyl (C=O) groups excluding carboxylic acids is 2. The predicted octanol–water partition coefficient (Wildman–Crippen LogP) is 5.28. The number of hydrogen-bond donors (Lipinski definition) is 0. The Bertz CT molecular complexity index is 1090. The van der Waals surface area contributed by atoms with Crippen LogP contribution in [-0.4, -0.2) is 11.7 Å². The number of Topliss-reactive ketones (excluding diaryl/α,β-unsaturated/α-hetero) is 1. The lowest BCUT2D eigenvalue weighted by Gasteiger charge is -2.43. The summed E-state index contributed by atoms with van der Waals surface area (Å²) in [5.41, 5.74) is 4.53. The molecule has 1 heterocycles. The maximum Gasteiger partial charge on any atom is 0.232 e. The van der Waals surface area contributed by atoms with Crippen LogP contribution in [0.2, 0.25) is 0 Å². The lowest BCUT2D eigenvalue weighted by atomic mass is 9.69. The Labute approximate surface area is 177 Å². The summed E-state index contributed by atoms with van der Waals surface area (Å²) in [4.78, 5) is 28.4. The topological polar surface area (TPSA) is 61.2 Å². The molecule has 4 nitrogen and oxygen atoms in total. The van der Waals surface area contributed by atoms with E-state index in [1.165, 1.54) is 5.56 Å². The molecule has 0 saturated heterocycles. The molecule has 4 heteroatoms. The number of nitrogens with zero attached hydrogens (tertiary/aromatic N) is 2. The van der Waals surface area contributed by atoms with Crippen LogP contribution in [0.15, 0.2) is 59.8 Å². The molecular weight excluding hydrogens is 372 g/mol. The molecule has 0 spiro atoms. The largest absolute Gasteiger partial charge is 0.294 e. The van der Waals surface area contributed by atoms with Crippen molar-refractivity contribution < 1.29 is 9.59 Å². The van der Waals surface area contributed by atoms with Crippen LogP contribution in [0.4, 0.5) is 5.69 Å². The second kappa shape index (κ2) is 7.57. The van der Waals surface area contributed by atoms with E-state index in [4.69, 9.17) is 0 Å². The van der Waals surface area contributed by atoms with Gasteiger partial charge in [-0.3, -0.25) is 14.5 Å². The number of allylic oxidation sites excluding steroid dienone is 2. The molecule has 2 aliphatic rings. The highest BCUT2D eigenvalue weighted by atomic mass is 16.2. The van der Waals surface area contributed by atoms with Crippen molar-refractivity contribution >= 4 is 17.4 Å². The predicted molar refractivity (Wildman–Crippen MR) is 117 cm³/mol. The first-order chi connectivity index (χ1) is 14.3. The van der Waals surface area contributed by atoms with Gasteiger partial charge in [-0.2, -0.15) is 5.26 Å². The van der Waals surface area contributed by atoms with E-state index < -0.39 is 0 Å². The number of ketones is 1. The Kier molecular flexibility index (Phi) is 5.07. The van der Waals surface area contributed by atoms with Gasteiger partial charge in [-0.15, -0.1) is 0 Å². The molecule has 0 bridgehead atoms. The summed E-state index contributed by atoms with van der Waals surface area (Å²) in [5, 5.41) is 9.59. The second-order valence-corrected chi connectivity index (χ2v) is 9.01. The zero-order chi connectivity index (χ0) is 21.5. The molecule has 0 fully saturated rings. The molecule has 1 atom stereocenters. The normalized spacial score (nSPS) is 20.7. The van der Waals surface area contributed by atoms with Gasteiger partial charge in [-0.1, -0.05) is 57.2 Å². The minimum atomic E-state index is -0.232. The number of hydrogen-bond acceptors (Lipinski definition) is 3. The number of rotatable bonds is 3. The lowest BCUT2D eigenvalue weighted by molar-refractivity contribution is -0.121. The Morgan fingerprint density at radius 2 is 1.77 bits per heavy atom. The third-order valence-electron chi connectivity index (χ3n) is 6.20. The van der Waals surface area contributed by atoms with E-state index in [1.807, 2.05) is 18.2 Å². The van der Waals surface area contributed by atoms with Crippen molar-refractivity contribution in [2.75, 3.05) is 4.90 Å². The first-order valence-electron chi connectivity index (χ1n) is 10.5. The van der Waals surface area contributed by atoms with Crippen LogP contribution in [0, 0.1) is 16.7 Å². The standard InChI is InChI=1S/C26H26N2O2/c1-4-17-9-11-18(12-10-17)20-13-24(30)28(21-8-6-5-7-19(21)16-27)22-14-26(2,3)15-23(29)25(20)22/h5-12,20H,4,13-15H2,1-3H3. The fourth-order valence-corrected chi connectivity index (χ4v) is 4.73. The van der Waals surface area contributed by atoms with E-state index in [9.17, 15) is 14.9 Å². The van der Waals surface area contributed by atoms with Crippen molar-refractivity contribution in [3.8, 4) is 6.07 Å². The maximum absolute atomic E-state index is 13.4. The monoisotopic (exact) mass is 398 g/mol. The summed E-state index contributed by atoms with van der Waals surface area (Å²) in [7, 11) is 0. The van der Waals surface area contributed by atoms with Crippen molar-refractivity contribution in [2.24, 2.45) is 5.41 Å². The fourth-order valence-electron chi connectivity index (χ4n) is 4.73. The van der Waals surface area contributed by atoms with Crippen molar-refractivity contribution in [1.82, 2.24) is 0 Å². The average molecular weight is 399 g/mol. The number of nitriles is 1. The molecule has 1 unspecified atom stereocenters. The molecule has 2 aromatic rings. The third kappa shape index (κ3) is 3.45. The molecule has 2 aromatic carbocycles. The number of amides is 1. The third-order valence-corrected chi connectivity index (χ3v) is 6.20. The minimum Gasteiger partial charge on any atom is -0.294 e. The Hall–Kier alpha value is -3.19. The average Bonchev–Trinajstić information content (AvgIpc) is 2.72. The summed E-state index contributed by atoms with van der Waals surface area (Å²) in [6, 6.07) is 17.6. The first kappa shape index (κ1) is 20.1. The van der Waals surface area contributed by atoms with Crippen molar-refractivity contribution in [3.05, 3.63) is 76.5 Å². The summed E-state index contributed by atoms with van der Waals surface area (Å²) in [6.45, 7) is 6.23. The lowest BCUT2D eigenvalue weighted by Crippen LogP contribution is -2.44. The van der Waals surface area contributed by atoms with Crippen LogP contribution in [-0.2, 0) is 16.0 Å². The van der Waals surface area contributed by atoms with Gasteiger partial charge in [0.05, 0.1) is 11.3 Å². The van der Waals surface area contributed by atoms with Crippen LogP contribution in [0.5, 0.6) is 0 Å². The maximum atomic E-state index is 13.4. The second-order valence-electron chi connectivity index (χ2n) is 9.01. The molecule has 0 saturated carbocycles. The Balaban J connectivity index is 1.90. The van der Waals surface area contributed by atoms with E-state index in [1.54, 1.807) is 23.1 Å². The molecule has 0 aromatic heterocycles. The van der Waals surface area contributed by atoms with Gasteiger partial charge in [0.15, 0.2) is 5.78 Å². The van der Waals surface area contributed by atoms with Gasteiger partial charge in [0.1, 0.15) is 6.07 Å². The highest BCUT2D eigenvalue weighted by Gasteiger charge is 2.44. The number of anilines is 1. The molecule has 0 radical (unpaired) electrons. The van der Waals surface area contributed by atoms with Gasteiger partial charge in [-0.05, 0) is 41.5 Å². The van der Waals surface area contributed by atoms with E-state index in [2.05, 4.69) is 39.0 Å². The van der Waals surface area contributed by atoms with Gasteiger partial charge in [0.25, 0.3) is 0 Å². The molecule has 4 rings (SSSR count). The van der Waals surface area contributed by atoms with Crippen molar-refractivity contribution in [3.63, 3.8) is 0 Å². The van der Waals surface area contributed by atoms with E-state index in [-0.39, 0.29) is 29.4 Å². The Morgan fingerprint density at radius 3 is 2.43 bits per heavy atom. The molecular formula is C26H26N2O2. The smallest absolute Gasteiger partial charge is 0.232 e. The van der Waals surface area contributed by atoms with Gasteiger partial charge in [-0.25, -0.2) is 0 Å². The number of benzene rings is 2. The highest BCUT2D eigenvalue weighted by molar-refractivity contribution is 6.08. The van der Waals surface area contributed by atoms with E-state index in [0.29, 0.717) is 24.1 Å². The van der Waals surface area contributed by atoms with E-state index >= 15 is 0 Å². The van der Waals surface area contributed by atoms with Gasteiger partial charge in [0, 0.05) is 30.0 Å². The van der Waals surface area contributed by atoms with Gasteiger partial charge in [0.2, 0.25) is 5.91 Å². The number of aryl methyl sites for hydroxylation is 1.